The van der Waals surface area contributed by atoms with Gasteiger partial charge in [-0.1, -0.05) is 44.2 Å². The van der Waals surface area contributed by atoms with Gasteiger partial charge in [-0.2, -0.15) is 0 Å². The second-order valence-electron chi connectivity index (χ2n) is 3.19. The number of quaternary nitrogens is 1. The van der Waals surface area contributed by atoms with Crippen molar-refractivity contribution in [2.45, 2.75) is 26.3 Å². The van der Waals surface area contributed by atoms with E-state index in [1.54, 1.807) is 6.92 Å². The van der Waals surface area contributed by atoms with Crippen molar-refractivity contribution >= 4 is 5.97 Å². The minimum absolute atomic E-state index is 0. The van der Waals surface area contributed by atoms with Crippen LogP contribution in [-0.4, -0.2) is 13.1 Å². The number of esters is 1. The van der Waals surface area contributed by atoms with Crippen LogP contribution in [0.25, 0.3) is 0 Å². The molecule has 0 fully saturated rings. The van der Waals surface area contributed by atoms with E-state index in [0.29, 0.717) is 0 Å². The third-order valence-electron chi connectivity index (χ3n) is 2.05. The fraction of sp³-hybridized carbons (Fsp3) is 0.417. The molecule has 16 heavy (non-hydrogen) atoms. The number of carbonyl (C=O) groups excluding carboxylic acids is 1. The maximum atomic E-state index is 11.3. The number of methoxy groups -OCH3 is 1. The quantitative estimate of drug-likeness (QED) is 0.635. The fourth-order valence-electron chi connectivity index (χ4n) is 1.15. The van der Waals surface area contributed by atoms with Crippen LogP contribution in [-0.2, 0) is 15.1 Å². The number of hydrogen-bond donors (Lipinski definition) is 1. The van der Waals surface area contributed by atoms with Gasteiger partial charge in [0.1, 0.15) is 0 Å². The van der Waals surface area contributed by atoms with Crippen molar-refractivity contribution in [1.29, 1.82) is 0 Å². The summed E-state index contributed by atoms with van der Waals surface area (Å²) in [6.07, 6.45) is 0. The topological polar surface area (TPSA) is 53.9 Å². The van der Waals surface area contributed by atoms with E-state index in [1.165, 1.54) is 7.11 Å². The summed E-state index contributed by atoms with van der Waals surface area (Å²) in [5.74, 6) is -0.321. The molecule has 0 saturated heterocycles. The molecule has 3 nitrogen and oxygen atoms in total. The first-order valence-electron chi connectivity index (χ1n) is 5.08. The molecule has 0 aliphatic rings. The van der Waals surface area contributed by atoms with E-state index in [4.69, 9.17) is 0 Å². The molecule has 0 radical (unpaired) electrons. The molecule has 0 bridgehead atoms. The van der Waals surface area contributed by atoms with Crippen molar-refractivity contribution in [3.8, 4) is 0 Å². The molecule has 0 aliphatic carbocycles. The molecule has 0 spiro atoms. The Morgan fingerprint density at radius 1 is 1.25 bits per heavy atom. The van der Waals surface area contributed by atoms with Gasteiger partial charge in [-0.3, -0.25) is 0 Å². The Labute approximate surface area is 103 Å². The van der Waals surface area contributed by atoms with Crippen LogP contribution in [0.5, 0.6) is 0 Å². The van der Waals surface area contributed by atoms with Gasteiger partial charge in [-0.15, -0.1) is 0 Å². The Balaban J connectivity index is 0. The molecule has 1 unspecified atom stereocenters. The zero-order valence-corrected chi connectivity index (χ0v) is 11.0. The molecule has 4 heteroatoms. The summed E-state index contributed by atoms with van der Waals surface area (Å²) >= 11 is 0. The van der Waals surface area contributed by atoms with E-state index in [9.17, 15) is 4.79 Å². The number of ether oxygens (including phenoxy) is 1. The van der Waals surface area contributed by atoms with Gasteiger partial charge in [0.2, 0.25) is 5.54 Å². The third kappa shape index (κ3) is 4.21. The highest BCUT2D eigenvalue weighted by Gasteiger charge is 2.35. The Bertz CT molecular complexity index is 299. The van der Waals surface area contributed by atoms with Crippen LogP contribution in [0.2, 0.25) is 0 Å². The molecule has 1 atom stereocenters. The summed E-state index contributed by atoms with van der Waals surface area (Å²) in [4.78, 5) is 11.3. The number of carbonyl (C=O) groups is 1. The lowest BCUT2D eigenvalue weighted by Gasteiger charge is -2.17. The largest absolute Gasteiger partial charge is 1.00 e. The van der Waals surface area contributed by atoms with Crippen LogP contribution in [0.3, 0.4) is 0 Å². The third-order valence-corrected chi connectivity index (χ3v) is 2.05. The summed E-state index contributed by atoms with van der Waals surface area (Å²) in [5.41, 5.74) is 3.89. The predicted octanol–water partition coefficient (Wildman–Crippen LogP) is -1.65. The molecule has 1 aromatic carbocycles. The van der Waals surface area contributed by atoms with Gasteiger partial charge in [-0.05, 0) is 0 Å². The molecular weight excluding hydrogens is 226 g/mol. The molecule has 0 amide bonds. The average Bonchev–Trinajstić information content (AvgIpc) is 2.31. The molecule has 1 rings (SSSR count). The van der Waals surface area contributed by atoms with E-state index >= 15 is 0 Å². The summed E-state index contributed by atoms with van der Waals surface area (Å²) < 4.78 is 4.67. The van der Waals surface area contributed by atoms with Gasteiger partial charge in [0, 0.05) is 12.5 Å². The smallest absolute Gasteiger partial charge is 0.372 e. The Hall–Kier alpha value is -1.06. The first-order chi connectivity index (χ1) is 7.09. The van der Waals surface area contributed by atoms with Crippen molar-refractivity contribution in [2.24, 2.45) is 0 Å². The first-order valence-corrected chi connectivity index (χ1v) is 5.08. The Kier molecular flexibility index (Phi) is 8.81. The van der Waals surface area contributed by atoms with Gasteiger partial charge in [0.25, 0.3) is 0 Å². The fourth-order valence-corrected chi connectivity index (χ4v) is 1.15. The molecule has 0 aromatic heterocycles. The molecule has 0 aliphatic heterocycles. The maximum absolute atomic E-state index is 11.3. The van der Waals surface area contributed by atoms with Crippen molar-refractivity contribution in [3.05, 3.63) is 35.9 Å². The van der Waals surface area contributed by atoms with Crippen LogP contribution in [0.1, 0.15) is 26.3 Å². The van der Waals surface area contributed by atoms with Gasteiger partial charge in [-0.25, -0.2) is 4.79 Å². The van der Waals surface area contributed by atoms with Gasteiger partial charge in [0.15, 0.2) is 0 Å². The highest BCUT2D eigenvalue weighted by atomic mass is 35.5. The highest BCUT2D eigenvalue weighted by Crippen LogP contribution is 2.16. The lowest BCUT2D eigenvalue weighted by molar-refractivity contribution is -0.465. The molecule has 3 N–H and O–H groups in total. The van der Waals surface area contributed by atoms with Crippen LogP contribution < -0.4 is 18.1 Å². The number of halogens is 1. The van der Waals surface area contributed by atoms with E-state index in [2.05, 4.69) is 10.5 Å². The minimum Gasteiger partial charge on any atom is -1.00 e. The molecule has 0 saturated carbocycles. The van der Waals surface area contributed by atoms with Crippen LogP contribution in [0.4, 0.5) is 0 Å². The molecule has 1 aromatic rings. The predicted molar refractivity (Wildman–Crippen MR) is 60.0 cm³/mol. The zero-order valence-electron chi connectivity index (χ0n) is 10.3. The van der Waals surface area contributed by atoms with Crippen LogP contribution in [0.15, 0.2) is 30.3 Å². The zero-order chi connectivity index (χ0) is 11.9. The van der Waals surface area contributed by atoms with Crippen molar-refractivity contribution in [1.82, 2.24) is 0 Å². The lowest BCUT2D eigenvalue weighted by Crippen LogP contribution is -3.00. The first kappa shape index (κ1) is 17.3. The van der Waals surface area contributed by atoms with Gasteiger partial charge >= 0.3 is 5.97 Å². The minimum atomic E-state index is -0.810. The van der Waals surface area contributed by atoms with E-state index in [0.717, 1.165) is 5.56 Å². The van der Waals surface area contributed by atoms with Crippen LogP contribution >= 0.6 is 0 Å². The SMILES string of the molecule is CC.COC(=O)C(C)([NH3+])c1ccccc1.[Cl-]. The standard InChI is InChI=1S/C10H13NO2.C2H6.ClH/c1-10(11,9(12)13-2)8-6-4-3-5-7-8;1-2;/h3-7H,11H2,1-2H3;1-2H3;1H. The average molecular weight is 246 g/mol. The Morgan fingerprint density at radius 3 is 2.06 bits per heavy atom. The monoisotopic (exact) mass is 245 g/mol. The summed E-state index contributed by atoms with van der Waals surface area (Å²) in [6, 6.07) is 9.38. The van der Waals surface area contributed by atoms with E-state index in [1.807, 2.05) is 44.2 Å². The van der Waals surface area contributed by atoms with Gasteiger partial charge in [0.05, 0.1) is 7.11 Å². The molecule has 92 valence electrons. The normalized spacial score (nSPS) is 12.3. The summed E-state index contributed by atoms with van der Waals surface area (Å²) in [6.45, 7) is 5.74. The second-order valence-corrected chi connectivity index (χ2v) is 3.19. The van der Waals surface area contributed by atoms with Crippen molar-refractivity contribution in [3.63, 3.8) is 0 Å². The Morgan fingerprint density at radius 2 is 1.69 bits per heavy atom. The number of hydrogen-bond acceptors (Lipinski definition) is 2. The second kappa shape index (κ2) is 8.13. The van der Waals surface area contributed by atoms with Gasteiger partial charge < -0.3 is 22.9 Å². The molecule has 0 heterocycles. The summed E-state index contributed by atoms with van der Waals surface area (Å²) in [5, 5.41) is 0. The lowest BCUT2D eigenvalue weighted by atomic mass is 9.94. The molecular formula is C12H20ClNO2. The van der Waals surface area contributed by atoms with Crippen molar-refractivity contribution in [2.75, 3.05) is 7.11 Å². The highest BCUT2D eigenvalue weighted by molar-refractivity contribution is 5.79. The van der Waals surface area contributed by atoms with Crippen molar-refractivity contribution < 1.29 is 27.7 Å². The maximum Gasteiger partial charge on any atom is 0.372 e. The van der Waals surface area contributed by atoms with E-state index < -0.39 is 5.54 Å². The summed E-state index contributed by atoms with van der Waals surface area (Å²) in [7, 11) is 1.37. The number of rotatable bonds is 2. The van der Waals surface area contributed by atoms with E-state index in [-0.39, 0.29) is 18.4 Å². The number of benzene rings is 1. The van der Waals surface area contributed by atoms with Crippen LogP contribution in [0, 0.1) is 0 Å².